The summed E-state index contributed by atoms with van der Waals surface area (Å²) in [4.78, 5) is 23.9. The Bertz CT molecular complexity index is 1020. The molecular formula is C19H20ClN3O4S. The molecule has 1 aliphatic heterocycles. The largest absolute Gasteiger partial charge is 0.326 e. The lowest BCUT2D eigenvalue weighted by atomic mass is 10.1. The molecule has 0 fully saturated rings. The first kappa shape index (κ1) is 20.3. The number of fused-ring (bicyclic) bond motifs is 1. The maximum atomic E-state index is 12.8. The molecule has 0 unspecified atom stereocenters. The number of carbonyl (C=O) groups is 2. The number of benzene rings is 2. The highest BCUT2D eigenvalue weighted by atomic mass is 35.5. The fourth-order valence-corrected chi connectivity index (χ4v) is 4.31. The maximum Gasteiger partial charge on any atom is 0.243 e. The van der Waals surface area contributed by atoms with Crippen LogP contribution in [0.25, 0.3) is 0 Å². The van der Waals surface area contributed by atoms with Gasteiger partial charge in [0, 0.05) is 29.9 Å². The first-order valence-electron chi connectivity index (χ1n) is 8.70. The molecule has 2 N–H and O–H groups in total. The number of nitrogens with zero attached hydrogens (tertiary/aromatic N) is 1. The molecule has 7 nitrogen and oxygen atoms in total. The molecule has 0 atom stereocenters. The third-order valence-corrected chi connectivity index (χ3v) is 6.42. The minimum atomic E-state index is -3.86. The van der Waals surface area contributed by atoms with E-state index in [0.29, 0.717) is 35.7 Å². The van der Waals surface area contributed by atoms with Crippen LogP contribution < -0.4 is 10.6 Å². The van der Waals surface area contributed by atoms with Crippen molar-refractivity contribution in [3.05, 3.63) is 53.1 Å². The Labute approximate surface area is 168 Å². The van der Waals surface area contributed by atoms with Crippen LogP contribution in [0, 0.1) is 0 Å². The van der Waals surface area contributed by atoms with E-state index in [0.717, 1.165) is 9.87 Å². The van der Waals surface area contributed by atoms with E-state index in [9.17, 15) is 18.0 Å². The molecule has 2 aromatic carbocycles. The van der Waals surface area contributed by atoms with Gasteiger partial charge in [0.15, 0.2) is 0 Å². The van der Waals surface area contributed by atoms with Gasteiger partial charge in [-0.25, -0.2) is 8.42 Å². The van der Waals surface area contributed by atoms with Crippen LogP contribution in [0.1, 0.15) is 18.4 Å². The van der Waals surface area contributed by atoms with Crippen molar-refractivity contribution in [1.29, 1.82) is 0 Å². The Kier molecular flexibility index (Phi) is 6.02. The van der Waals surface area contributed by atoms with Gasteiger partial charge in [0.05, 0.1) is 11.4 Å². The van der Waals surface area contributed by atoms with E-state index in [1.54, 1.807) is 36.4 Å². The molecule has 1 aliphatic rings. The highest BCUT2D eigenvalue weighted by molar-refractivity contribution is 7.89. The molecule has 3 rings (SSSR count). The molecular weight excluding hydrogens is 402 g/mol. The molecule has 2 aromatic rings. The van der Waals surface area contributed by atoms with Crippen molar-refractivity contribution in [3.8, 4) is 0 Å². The lowest BCUT2D eigenvalue weighted by Crippen LogP contribution is -2.35. The normalized spacial score (nSPS) is 14.2. The Morgan fingerprint density at radius 1 is 1.21 bits per heavy atom. The van der Waals surface area contributed by atoms with Crippen LogP contribution in [0.4, 0.5) is 11.4 Å². The van der Waals surface area contributed by atoms with E-state index in [2.05, 4.69) is 10.6 Å². The number of nitrogens with one attached hydrogen (secondary N) is 2. The zero-order valence-corrected chi connectivity index (χ0v) is 16.8. The van der Waals surface area contributed by atoms with Crippen molar-refractivity contribution in [2.24, 2.45) is 0 Å². The van der Waals surface area contributed by atoms with Gasteiger partial charge in [0.1, 0.15) is 0 Å². The van der Waals surface area contributed by atoms with Crippen LogP contribution >= 0.6 is 11.6 Å². The Morgan fingerprint density at radius 3 is 2.75 bits per heavy atom. The molecule has 28 heavy (non-hydrogen) atoms. The quantitative estimate of drug-likeness (QED) is 0.775. The van der Waals surface area contributed by atoms with E-state index < -0.39 is 15.9 Å². The van der Waals surface area contributed by atoms with Crippen molar-refractivity contribution in [1.82, 2.24) is 4.31 Å². The Hall–Kier alpha value is -2.42. The van der Waals surface area contributed by atoms with Gasteiger partial charge in [-0.05, 0) is 54.8 Å². The zero-order valence-electron chi connectivity index (χ0n) is 15.2. The SMILES string of the molecule is CN(CC(=O)Nc1cccc(Cl)c1)S(=O)(=O)c1ccc2c(c1)CCCC(=O)N2. The topological polar surface area (TPSA) is 95.6 Å². The summed E-state index contributed by atoms with van der Waals surface area (Å²) in [5.74, 6) is -0.556. The van der Waals surface area contributed by atoms with E-state index in [4.69, 9.17) is 11.6 Å². The summed E-state index contributed by atoms with van der Waals surface area (Å²) < 4.78 is 26.7. The number of rotatable bonds is 5. The highest BCUT2D eigenvalue weighted by Crippen LogP contribution is 2.26. The number of likely N-dealkylation sites (N-methyl/N-ethyl adjacent to an activating group) is 1. The summed E-state index contributed by atoms with van der Waals surface area (Å²) in [6.07, 6.45) is 1.66. The average molecular weight is 422 g/mol. The molecule has 0 saturated carbocycles. The van der Waals surface area contributed by atoms with Gasteiger partial charge in [0.2, 0.25) is 21.8 Å². The van der Waals surface area contributed by atoms with Crippen LogP contribution in [0.2, 0.25) is 5.02 Å². The fourth-order valence-electron chi connectivity index (χ4n) is 2.95. The molecule has 1 heterocycles. The van der Waals surface area contributed by atoms with Crippen molar-refractivity contribution >= 4 is 44.8 Å². The summed E-state index contributed by atoms with van der Waals surface area (Å²) in [6, 6.07) is 11.2. The first-order valence-corrected chi connectivity index (χ1v) is 10.5. The summed E-state index contributed by atoms with van der Waals surface area (Å²) in [6.45, 7) is -0.345. The second-order valence-corrected chi connectivity index (χ2v) is 9.02. The summed E-state index contributed by atoms with van der Waals surface area (Å²) in [5.41, 5.74) is 1.88. The van der Waals surface area contributed by atoms with E-state index in [1.165, 1.54) is 13.1 Å². The first-order chi connectivity index (χ1) is 13.3. The molecule has 0 saturated heterocycles. The van der Waals surface area contributed by atoms with Crippen LogP contribution in [-0.4, -0.2) is 38.1 Å². The fraction of sp³-hybridized carbons (Fsp3) is 0.263. The van der Waals surface area contributed by atoms with Gasteiger partial charge in [-0.2, -0.15) is 4.31 Å². The van der Waals surface area contributed by atoms with Crippen molar-refractivity contribution in [2.75, 3.05) is 24.2 Å². The smallest absolute Gasteiger partial charge is 0.243 e. The third kappa shape index (κ3) is 4.70. The van der Waals surface area contributed by atoms with Gasteiger partial charge in [-0.1, -0.05) is 17.7 Å². The monoisotopic (exact) mass is 421 g/mol. The molecule has 148 valence electrons. The molecule has 0 spiro atoms. The van der Waals surface area contributed by atoms with Gasteiger partial charge in [-0.3, -0.25) is 9.59 Å². The van der Waals surface area contributed by atoms with Gasteiger partial charge in [-0.15, -0.1) is 0 Å². The minimum absolute atomic E-state index is 0.0795. The van der Waals surface area contributed by atoms with Gasteiger partial charge < -0.3 is 10.6 Å². The van der Waals surface area contributed by atoms with Crippen molar-refractivity contribution in [2.45, 2.75) is 24.2 Å². The predicted octanol–water partition coefficient (Wildman–Crippen LogP) is 2.87. The van der Waals surface area contributed by atoms with Crippen molar-refractivity contribution < 1.29 is 18.0 Å². The summed E-state index contributed by atoms with van der Waals surface area (Å²) in [5, 5.41) is 5.86. The molecule has 0 aromatic heterocycles. The van der Waals surface area contributed by atoms with E-state index in [-0.39, 0.29) is 17.3 Å². The maximum absolute atomic E-state index is 12.8. The molecule has 0 radical (unpaired) electrons. The predicted molar refractivity (Wildman–Crippen MR) is 108 cm³/mol. The summed E-state index contributed by atoms with van der Waals surface area (Å²) in [7, 11) is -2.51. The molecule has 0 bridgehead atoms. The number of sulfonamides is 1. The van der Waals surface area contributed by atoms with Crippen LogP contribution in [0.15, 0.2) is 47.4 Å². The Morgan fingerprint density at radius 2 is 2.00 bits per heavy atom. The minimum Gasteiger partial charge on any atom is -0.326 e. The van der Waals surface area contributed by atoms with E-state index in [1.807, 2.05) is 0 Å². The number of carbonyl (C=O) groups excluding carboxylic acids is 2. The number of anilines is 2. The Balaban J connectivity index is 1.74. The third-order valence-electron chi connectivity index (χ3n) is 4.38. The lowest BCUT2D eigenvalue weighted by Gasteiger charge is -2.18. The number of amides is 2. The van der Waals surface area contributed by atoms with Gasteiger partial charge in [0.25, 0.3) is 0 Å². The zero-order chi connectivity index (χ0) is 20.3. The highest BCUT2D eigenvalue weighted by Gasteiger charge is 2.25. The standard InChI is InChI=1S/C19H20ClN3O4S/c1-23(12-19(25)21-15-6-3-5-14(20)11-15)28(26,27)16-8-9-17-13(10-16)4-2-7-18(24)22-17/h3,5-6,8-11H,2,4,7,12H2,1H3,(H,21,25)(H,22,24). The van der Waals surface area contributed by atoms with Crippen LogP contribution in [0.5, 0.6) is 0 Å². The van der Waals surface area contributed by atoms with Crippen LogP contribution in [0.3, 0.4) is 0 Å². The summed E-state index contributed by atoms with van der Waals surface area (Å²) >= 11 is 5.88. The number of hydrogen-bond acceptors (Lipinski definition) is 4. The van der Waals surface area contributed by atoms with Crippen LogP contribution in [-0.2, 0) is 26.0 Å². The number of halogens is 1. The lowest BCUT2D eigenvalue weighted by molar-refractivity contribution is -0.117. The second-order valence-electron chi connectivity index (χ2n) is 6.54. The van der Waals surface area contributed by atoms with E-state index >= 15 is 0 Å². The average Bonchev–Trinajstić information content (AvgIpc) is 2.81. The van der Waals surface area contributed by atoms with Gasteiger partial charge >= 0.3 is 0 Å². The molecule has 0 aliphatic carbocycles. The number of hydrogen-bond donors (Lipinski definition) is 2. The molecule has 2 amide bonds. The molecule has 9 heteroatoms. The second kappa shape index (κ2) is 8.30. The number of aryl methyl sites for hydroxylation is 1. The van der Waals surface area contributed by atoms with Crippen molar-refractivity contribution in [3.63, 3.8) is 0 Å².